The van der Waals surface area contributed by atoms with Gasteiger partial charge in [-0.05, 0) is 30.3 Å². The Balaban J connectivity index is 1.76. The summed E-state index contributed by atoms with van der Waals surface area (Å²) in [7, 11) is 0. The molecule has 0 aliphatic carbocycles. The first kappa shape index (κ1) is 19.2. The Morgan fingerprint density at radius 1 is 1.11 bits per heavy atom. The lowest BCUT2D eigenvalue weighted by Crippen LogP contribution is -2.10. The number of aryl methyl sites for hydroxylation is 1. The first-order valence-electron chi connectivity index (χ1n) is 8.13. The third kappa shape index (κ3) is 5.00. The molecule has 0 bridgehead atoms. The van der Waals surface area contributed by atoms with Crippen LogP contribution in [0.2, 0.25) is 0 Å². The predicted molar refractivity (Wildman–Crippen MR) is 93.7 cm³/mol. The molecule has 0 radical (unpaired) electrons. The maximum Gasteiger partial charge on any atom is 0.433 e. The Morgan fingerprint density at radius 3 is 2.61 bits per heavy atom. The lowest BCUT2D eigenvalue weighted by atomic mass is 10.1. The first-order chi connectivity index (χ1) is 13.3. The SMILES string of the molecule is O=C(O)CCc1ccc(-c2cccc(Nc3nccc(C(F)(F)F)n3)c2)nn1. The van der Waals surface area contributed by atoms with Crippen molar-refractivity contribution < 1.29 is 23.1 Å². The molecule has 0 fully saturated rings. The maximum atomic E-state index is 12.8. The summed E-state index contributed by atoms with van der Waals surface area (Å²) in [5.74, 6) is -1.09. The largest absolute Gasteiger partial charge is 0.481 e. The van der Waals surface area contributed by atoms with Crippen LogP contribution in [0, 0.1) is 0 Å². The van der Waals surface area contributed by atoms with E-state index in [2.05, 4.69) is 25.5 Å². The quantitative estimate of drug-likeness (QED) is 0.663. The molecule has 0 amide bonds. The minimum Gasteiger partial charge on any atom is -0.481 e. The molecular weight excluding hydrogens is 375 g/mol. The van der Waals surface area contributed by atoms with Gasteiger partial charge in [-0.25, -0.2) is 9.97 Å². The molecule has 0 atom stereocenters. The summed E-state index contributed by atoms with van der Waals surface area (Å²) in [6, 6.07) is 11.0. The number of rotatable bonds is 6. The summed E-state index contributed by atoms with van der Waals surface area (Å²) in [5.41, 5.74) is 1.21. The van der Waals surface area contributed by atoms with Crippen LogP contribution in [0.4, 0.5) is 24.8 Å². The number of benzene rings is 1. The molecule has 7 nitrogen and oxygen atoms in total. The number of aliphatic carboxylic acids is 1. The van der Waals surface area contributed by atoms with Crippen LogP contribution < -0.4 is 5.32 Å². The number of alkyl halides is 3. The normalized spacial score (nSPS) is 11.2. The van der Waals surface area contributed by atoms with Gasteiger partial charge in [-0.15, -0.1) is 0 Å². The summed E-state index contributed by atoms with van der Waals surface area (Å²) >= 11 is 0. The molecule has 2 aromatic heterocycles. The molecule has 10 heteroatoms. The molecule has 0 spiro atoms. The highest BCUT2D eigenvalue weighted by molar-refractivity contribution is 5.68. The molecule has 0 aliphatic rings. The molecule has 28 heavy (non-hydrogen) atoms. The second kappa shape index (κ2) is 7.99. The van der Waals surface area contributed by atoms with Gasteiger partial charge < -0.3 is 10.4 Å². The molecule has 3 aromatic rings. The van der Waals surface area contributed by atoms with E-state index in [9.17, 15) is 18.0 Å². The average Bonchev–Trinajstić information content (AvgIpc) is 2.66. The molecule has 0 aliphatic heterocycles. The molecule has 0 saturated carbocycles. The predicted octanol–water partition coefficient (Wildman–Crippen LogP) is 3.71. The second-order valence-electron chi connectivity index (χ2n) is 5.77. The number of carboxylic acid groups (broad SMARTS) is 1. The second-order valence-corrected chi connectivity index (χ2v) is 5.77. The van der Waals surface area contributed by atoms with E-state index in [1.165, 1.54) is 0 Å². The zero-order chi connectivity index (χ0) is 20.1. The molecular formula is C18H14F3N5O2. The van der Waals surface area contributed by atoms with E-state index in [1.54, 1.807) is 36.4 Å². The standard InChI is InChI=1S/C18H14F3N5O2/c19-18(20,21)15-8-9-22-17(24-15)23-13-3-1-2-11(10-13)14-6-4-12(25-26-14)5-7-16(27)28/h1-4,6,8-10H,5,7H2,(H,27,28)(H,22,23,24). The Bertz CT molecular complexity index is 977. The van der Waals surface area contributed by atoms with Gasteiger partial charge in [0, 0.05) is 23.9 Å². The van der Waals surface area contributed by atoms with Gasteiger partial charge in [0.1, 0.15) is 5.69 Å². The zero-order valence-corrected chi connectivity index (χ0v) is 14.3. The van der Waals surface area contributed by atoms with E-state index in [1.807, 2.05) is 0 Å². The van der Waals surface area contributed by atoms with Crippen LogP contribution in [0.5, 0.6) is 0 Å². The van der Waals surface area contributed by atoms with Crippen molar-refractivity contribution in [2.75, 3.05) is 5.32 Å². The highest BCUT2D eigenvalue weighted by atomic mass is 19.4. The van der Waals surface area contributed by atoms with Crippen molar-refractivity contribution in [3.05, 3.63) is 60.0 Å². The number of halogens is 3. The molecule has 2 N–H and O–H groups in total. The van der Waals surface area contributed by atoms with Gasteiger partial charge in [-0.1, -0.05) is 12.1 Å². The summed E-state index contributed by atoms with van der Waals surface area (Å²) in [5, 5.41) is 19.5. The third-order valence-corrected chi connectivity index (χ3v) is 3.68. The van der Waals surface area contributed by atoms with E-state index < -0.39 is 17.8 Å². The molecule has 0 saturated heterocycles. The number of carboxylic acids is 1. The minimum atomic E-state index is -4.56. The van der Waals surface area contributed by atoms with Crippen molar-refractivity contribution in [2.24, 2.45) is 0 Å². The number of hydrogen-bond donors (Lipinski definition) is 2. The van der Waals surface area contributed by atoms with Gasteiger partial charge in [0.05, 0.1) is 17.8 Å². The van der Waals surface area contributed by atoms with Crippen molar-refractivity contribution in [3.63, 3.8) is 0 Å². The minimum absolute atomic E-state index is 0.0373. The third-order valence-electron chi connectivity index (χ3n) is 3.68. The molecule has 3 rings (SSSR count). The van der Waals surface area contributed by atoms with Crippen LogP contribution in [0.15, 0.2) is 48.7 Å². The van der Waals surface area contributed by atoms with Crippen LogP contribution >= 0.6 is 0 Å². The topological polar surface area (TPSA) is 101 Å². The molecule has 2 heterocycles. The Labute approximate surface area is 157 Å². The average molecular weight is 389 g/mol. The molecule has 144 valence electrons. The lowest BCUT2D eigenvalue weighted by Gasteiger charge is -2.09. The van der Waals surface area contributed by atoms with Gasteiger partial charge >= 0.3 is 12.1 Å². The highest BCUT2D eigenvalue weighted by Gasteiger charge is 2.32. The van der Waals surface area contributed by atoms with E-state index in [4.69, 9.17) is 5.11 Å². The van der Waals surface area contributed by atoms with E-state index in [0.29, 0.717) is 22.6 Å². The van der Waals surface area contributed by atoms with Crippen LogP contribution in [-0.4, -0.2) is 31.2 Å². The van der Waals surface area contributed by atoms with Crippen LogP contribution in [0.25, 0.3) is 11.3 Å². The first-order valence-corrected chi connectivity index (χ1v) is 8.13. The highest BCUT2D eigenvalue weighted by Crippen LogP contribution is 2.28. The van der Waals surface area contributed by atoms with Gasteiger partial charge in [-0.2, -0.15) is 23.4 Å². The summed E-state index contributed by atoms with van der Waals surface area (Å²) in [6.07, 6.45) is -3.29. The number of nitrogens with one attached hydrogen (secondary N) is 1. The van der Waals surface area contributed by atoms with Gasteiger partial charge in [-0.3, -0.25) is 4.79 Å². The van der Waals surface area contributed by atoms with Crippen LogP contribution in [0.3, 0.4) is 0 Å². The smallest absolute Gasteiger partial charge is 0.433 e. The number of anilines is 2. The molecule has 1 aromatic carbocycles. The Kier molecular flexibility index (Phi) is 5.48. The fourth-order valence-corrected chi connectivity index (χ4v) is 2.34. The van der Waals surface area contributed by atoms with Crippen LogP contribution in [-0.2, 0) is 17.4 Å². The maximum absolute atomic E-state index is 12.8. The van der Waals surface area contributed by atoms with Gasteiger partial charge in [0.25, 0.3) is 0 Å². The van der Waals surface area contributed by atoms with Gasteiger partial charge in [0.15, 0.2) is 0 Å². The molecule has 0 unspecified atom stereocenters. The monoisotopic (exact) mass is 389 g/mol. The lowest BCUT2D eigenvalue weighted by molar-refractivity contribution is -0.141. The number of aromatic nitrogens is 4. The van der Waals surface area contributed by atoms with E-state index in [0.717, 1.165) is 12.3 Å². The van der Waals surface area contributed by atoms with Crippen molar-refractivity contribution in [1.29, 1.82) is 0 Å². The summed E-state index contributed by atoms with van der Waals surface area (Å²) in [6.45, 7) is 0. The fraction of sp³-hybridized carbons (Fsp3) is 0.167. The number of carbonyl (C=O) groups is 1. The zero-order valence-electron chi connectivity index (χ0n) is 14.3. The van der Waals surface area contributed by atoms with E-state index in [-0.39, 0.29) is 18.8 Å². The van der Waals surface area contributed by atoms with Crippen LogP contribution in [0.1, 0.15) is 17.8 Å². The van der Waals surface area contributed by atoms with E-state index >= 15 is 0 Å². The summed E-state index contributed by atoms with van der Waals surface area (Å²) in [4.78, 5) is 17.9. The number of nitrogens with zero attached hydrogens (tertiary/aromatic N) is 4. The van der Waals surface area contributed by atoms with Crippen molar-refractivity contribution in [2.45, 2.75) is 19.0 Å². The Hall–Kier alpha value is -3.56. The van der Waals surface area contributed by atoms with Gasteiger partial charge in [0.2, 0.25) is 5.95 Å². The van der Waals surface area contributed by atoms with Crippen molar-refractivity contribution >= 4 is 17.6 Å². The number of hydrogen-bond acceptors (Lipinski definition) is 6. The summed E-state index contributed by atoms with van der Waals surface area (Å²) < 4.78 is 38.3. The Morgan fingerprint density at radius 2 is 1.93 bits per heavy atom. The van der Waals surface area contributed by atoms with Crippen molar-refractivity contribution in [3.8, 4) is 11.3 Å². The fourth-order valence-electron chi connectivity index (χ4n) is 2.34. The van der Waals surface area contributed by atoms with Crippen molar-refractivity contribution in [1.82, 2.24) is 20.2 Å².